The van der Waals surface area contributed by atoms with Crippen LogP contribution in [0.15, 0.2) is 59.4 Å². The predicted octanol–water partition coefficient (Wildman–Crippen LogP) is 2.77. The highest BCUT2D eigenvalue weighted by Gasteiger charge is 2.17. The van der Waals surface area contributed by atoms with E-state index in [0.717, 1.165) is 18.8 Å². The smallest absolute Gasteiger partial charge is 0.280 e. The van der Waals surface area contributed by atoms with Crippen LogP contribution in [0.25, 0.3) is 5.69 Å². The Hall–Kier alpha value is -3.52. The maximum atomic E-state index is 14.2. The number of ether oxygens (including phenoxy) is 1. The van der Waals surface area contributed by atoms with Gasteiger partial charge in [0.25, 0.3) is 5.91 Å². The molecule has 4 rings (SSSR count). The van der Waals surface area contributed by atoms with Crippen LogP contribution in [0.3, 0.4) is 0 Å². The third-order valence-corrected chi connectivity index (χ3v) is 4.90. The first-order valence-corrected chi connectivity index (χ1v) is 9.63. The minimum atomic E-state index is -0.649. The number of hydrogen-bond donors (Lipinski definition) is 1. The molecule has 1 N–H and O–H groups in total. The molecule has 0 spiro atoms. The van der Waals surface area contributed by atoms with Crippen molar-refractivity contribution in [3.05, 3.63) is 82.0 Å². The fourth-order valence-electron chi connectivity index (χ4n) is 3.34. The van der Waals surface area contributed by atoms with Crippen LogP contribution in [-0.4, -0.2) is 42.0 Å². The number of carbonyl (C=O) groups excluding carboxylic acids is 1. The molecule has 0 atom stereocenters. The topological polar surface area (TPSA) is 76.5 Å². The second-order valence-electron chi connectivity index (χ2n) is 6.96. The van der Waals surface area contributed by atoms with Gasteiger partial charge in [-0.15, -0.1) is 0 Å². The van der Waals surface area contributed by atoms with Gasteiger partial charge in [0.05, 0.1) is 13.2 Å². The van der Waals surface area contributed by atoms with Crippen molar-refractivity contribution in [1.29, 1.82) is 0 Å². The standard InChI is InChI=1S/C22H21FN4O3/c1-15-14-20(28)21(25-27(15)19-5-3-2-4-18(19)23)22(29)24-16-6-8-17(9-7-16)26-10-12-30-13-11-26/h2-9,14H,10-13H2,1H3,(H,24,29). The summed E-state index contributed by atoms with van der Waals surface area (Å²) in [6.45, 7) is 4.63. The molecule has 0 saturated carbocycles. The number of para-hydroxylation sites is 1. The summed E-state index contributed by atoms with van der Waals surface area (Å²) in [5.41, 5.74) is 1.34. The number of nitrogens with one attached hydrogen (secondary N) is 1. The molecule has 1 amide bonds. The summed E-state index contributed by atoms with van der Waals surface area (Å²) < 4.78 is 20.8. The normalized spacial score (nSPS) is 13.9. The van der Waals surface area contributed by atoms with Gasteiger partial charge in [0.2, 0.25) is 5.43 Å². The van der Waals surface area contributed by atoms with Gasteiger partial charge >= 0.3 is 0 Å². The molecule has 0 aliphatic carbocycles. The second-order valence-corrected chi connectivity index (χ2v) is 6.96. The average Bonchev–Trinajstić information content (AvgIpc) is 2.76. The van der Waals surface area contributed by atoms with E-state index >= 15 is 0 Å². The highest BCUT2D eigenvalue weighted by atomic mass is 19.1. The lowest BCUT2D eigenvalue weighted by Crippen LogP contribution is -2.36. The van der Waals surface area contributed by atoms with Gasteiger partial charge in [0.1, 0.15) is 11.5 Å². The Morgan fingerprint density at radius 1 is 1.10 bits per heavy atom. The van der Waals surface area contributed by atoms with Gasteiger partial charge in [-0.25, -0.2) is 9.07 Å². The average molecular weight is 408 g/mol. The maximum Gasteiger partial charge on any atom is 0.280 e. The molecule has 8 heteroatoms. The molecule has 0 bridgehead atoms. The molecule has 1 aromatic heterocycles. The monoisotopic (exact) mass is 408 g/mol. The predicted molar refractivity (Wildman–Crippen MR) is 112 cm³/mol. The fourth-order valence-corrected chi connectivity index (χ4v) is 3.34. The first kappa shape index (κ1) is 19.8. The Balaban J connectivity index is 1.57. The van der Waals surface area contributed by atoms with Gasteiger partial charge in [-0.3, -0.25) is 9.59 Å². The lowest BCUT2D eigenvalue weighted by molar-refractivity contribution is 0.101. The first-order chi connectivity index (χ1) is 14.5. The van der Waals surface area contributed by atoms with E-state index in [2.05, 4.69) is 15.3 Å². The summed E-state index contributed by atoms with van der Waals surface area (Å²) in [7, 11) is 0. The lowest BCUT2D eigenvalue weighted by atomic mass is 10.2. The molecular formula is C22H21FN4O3. The zero-order valence-electron chi connectivity index (χ0n) is 16.5. The van der Waals surface area contributed by atoms with E-state index in [0.29, 0.717) is 24.6 Å². The van der Waals surface area contributed by atoms with E-state index in [4.69, 9.17) is 4.74 Å². The van der Waals surface area contributed by atoms with Crippen LogP contribution in [0, 0.1) is 12.7 Å². The molecule has 0 radical (unpaired) electrons. The Bertz CT molecular complexity index is 1120. The van der Waals surface area contributed by atoms with Gasteiger partial charge in [-0.1, -0.05) is 12.1 Å². The minimum Gasteiger partial charge on any atom is -0.378 e. The van der Waals surface area contributed by atoms with E-state index in [-0.39, 0.29) is 11.4 Å². The van der Waals surface area contributed by atoms with Crippen LogP contribution in [0.2, 0.25) is 0 Å². The Morgan fingerprint density at radius 3 is 2.50 bits per heavy atom. The number of carbonyl (C=O) groups is 1. The molecule has 2 aromatic carbocycles. The number of aromatic nitrogens is 2. The fraction of sp³-hybridized carbons (Fsp3) is 0.227. The zero-order chi connectivity index (χ0) is 21.1. The Morgan fingerprint density at radius 2 is 1.80 bits per heavy atom. The van der Waals surface area contributed by atoms with Crippen molar-refractivity contribution in [2.75, 3.05) is 36.5 Å². The van der Waals surface area contributed by atoms with Crippen LogP contribution < -0.4 is 15.6 Å². The summed E-state index contributed by atoms with van der Waals surface area (Å²) >= 11 is 0. The lowest BCUT2D eigenvalue weighted by Gasteiger charge is -2.28. The second kappa shape index (κ2) is 8.46. The third-order valence-electron chi connectivity index (χ3n) is 4.90. The van der Waals surface area contributed by atoms with E-state index in [1.54, 1.807) is 31.2 Å². The molecule has 7 nitrogen and oxygen atoms in total. The number of benzene rings is 2. The molecule has 0 unspecified atom stereocenters. The van der Waals surface area contributed by atoms with Crippen LogP contribution in [0.4, 0.5) is 15.8 Å². The van der Waals surface area contributed by atoms with E-state index < -0.39 is 17.2 Å². The molecule has 154 valence electrons. The number of rotatable bonds is 4. The minimum absolute atomic E-state index is 0.166. The number of morpholine rings is 1. The van der Waals surface area contributed by atoms with Gasteiger partial charge in [-0.2, -0.15) is 5.10 Å². The highest BCUT2D eigenvalue weighted by Crippen LogP contribution is 2.19. The zero-order valence-corrected chi connectivity index (χ0v) is 16.5. The van der Waals surface area contributed by atoms with Crippen molar-refractivity contribution in [2.24, 2.45) is 0 Å². The van der Waals surface area contributed by atoms with Crippen molar-refractivity contribution in [3.8, 4) is 5.69 Å². The van der Waals surface area contributed by atoms with Crippen molar-refractivity contribution in [2.45, 2.75) is 6.92 Å². The summed E-state index contributed by atoms with van der Waals surface area (Å²) in [5.74, 6) is -1.15. The van der Waals surface area contributed by atoms with Gasteiger partial charge in [-0.05, 0) is 43.3 Å². The van der Waals surface area contributed by atoms with Gasteiger partial charge < -0.3 is 15.0 Å². The molecule has 3 aromatic rings. The molecule has 1 aliphatic heterocycles. The summed E-state index contributed by atoms with van der Waals surface area (Å²) in [5, 5.41) is 6.81. The molecule has 1 saturated heterocycles. The van der Waals surface area contributed by atoms with Crippen molar-refractivity contribution >= 4 is 17.3 Å². The largest absolute Gasteiger partial charge is 0.378 e. The van der Waals surface area contributed by atoms with Crippen LogP contribution in [0.1, 0.15) is 16.2 Å². The molecule has 1 aliphatic rings. The van der Waals surface area contributed by atoms with E-state index in [9.17, 15) is 14.0 Å². The Kier molecular flexibility index (Phi) is 5.58. The molecule has 2 heterocycles. The SMILES string of the molecule is Cc1cc(=O)c(C(=O)Nc2ccc(N3CCOCC3)cc2)nn1-c1ccccc1F. The Labute approximate surface area is 172 Å². The first-order valence-electron chi connectivity index (χ1n) is 9.63. The number of aryl methyl sites for hydroxylation is 1. The summed E-state index contributed by atoms with van der Waals surface area (Å²) in [6.07, 6.45) is 0. The number of hydrogen-bond acceptors (Lipinski definition) is 5. The van der Waals surface area contributed by atoms with Gasteiger partial charge in [0, 0.05) is 36.2 Å². The van der Waals surface area contributed by atoms with Crippen molar-refractivity contribution < 1.29 is 13.9 Å². The third kappa shape index (κ3) is 4.08. The van der Waals surface area contributed by atoms with Crippen molar-refractivity contribution in [1.82, 2.24) is 9.78 Å². The number of nitrogens with zero attached hydrogens (tertiary/aromatic N) is 3. The highest BCUT2D eigenvalue weighted by molar-refractivity contribution is 6.02. The molecule has 30 heavy (non-hydrogen) atoms. The van der Waals surface area contributed by atoms with Crippen molar-refractivity contribution in [3.63, 3.8) is 0 Å². The van der Waals surface area contributed by atoms with Crippen LogP contribution in [-0.2, 0) is 4.74 Å². The van der Waals surface area contributed by atoms with E-state index in [1.807, 2.05) is 12.1 Å². The number of anilines is 2. The summed E-state index contributed by atoms with van der Waals surface area (Å²) in [4.78, 5) is 27.2. The van der Waals surface area contributed by atoms with Crippen LogP contribution >= 0.6 is 0 Å². The maximum absolute atomic E-state index is 14.2. The molecular weight excluding hydrogens is 387 g/mol. The van der Waals surface area contributed by atoms with Crippen LogP contribution in [0.5, 0.6) is 0 Å². The number of amides is 1. The molecule has 1 fully saturated rings. The van der Waals surface area contributed by atoms with E-state index in [1.165, 1.54) is 22.9 Å². The quantitative estimate of drug-likeness (QED) is 0.719. The number of halogens is 1. The summed E-state index contributed by atoms with van der Waals surface area (Å²) in [6, 6.07) is 14.7. The van der Waals surface area contributed by atoms with Gasteiger partial charge in [0.15, 0.2) is 5.69 Å².